The van der Waals surface area contributed by atoms with Crippen molar-refractivity contribution in [2.45, 2.75) is 37.6 Å². The molecule has 5 heteroatoms. The lowest BCUT2D eigenvalue weighted by molar-refractivity contribution is 0.0943. The van der Waals surface area contributed by atoms with Crippen molar-refractivity contribution in [3.63, 3.8) is 0 Å². The maximum atomic E-state index is 13.2. The molecule has 0 unspecified atom stereocenters. The second-order valence-electron chi connectivity index (χ2n) is 6.58. The van der Waals surface area contributed by atoms with Crippen LogP contribution in [0.4, 0.5) is 4.39 Å². The van der Waals surface area contributed by atoms with Gasteiger partial charge in [0.1, 0.15) is 5.82 Å². The van der Waals surface area contributed by atoms with Gasteiger partial charge in [-0.15, -0.1) is 12.4 Å². The number of nitrogens with one attached hydrogen (secondary N) is 1. The van der Waals surface area contributed by atoms with Crippen LogP contribution in [-0.4, -0.2) is 12.5 Å². The molecule has 0 radical (unpaired) electrons. The zero-order valence-electron chi connectivity index (χ0n) is 14.1. The van der Waals surface area contributed by atoms with Crippen molar-refractivity contribution in [2.24, 2.45) is 5.73 Å². The van der Waals surface area contributed by atoms with E-state index in [0.717, 1.165) is 36.8 Å². The van der Waals surface area contributed by atoms with E-state index in [-0.39, 0.29) is 29.5 Å². The molecule has 0 aliphatic heterocycles. The van der Waals surface area contributed by atoms with Gasteiger partial charge in [-0.2, -0.15) is 0 Å². The topological polar surface area (TPSA) is 55.1 Å². The van der Waals surface area contributed by atoms with Gasteiger partial charge in [-0.25, -0.2) is 4.39 Å². The Morgan fingerprint density at radius 3 is 2.20 bits per heavy atom. The molecule has 134 valence electrons. The molecular weight excluding hydrogens is 339 g/mol. The molecule has 1 saturated carbocycles. The molecule has 0 atom stereocenters. The Hall–Kier alpha value is -1.91. The van der Waals surface area contributed by atoms with Gasteiger partial charge in [0.05, 0.1) is 0 Å². The number of halogens is 2. The fourth-order valence-corrected chi connectivity index (χ4v) is 3.57. The standard InChI is InChI=1S/C20H23FN2O.ClH/c21-18-9-7-17(8-10-18)20(11-1-2-12-20)14-23-19(24)16-5-3-15(13-22)4-6-16;/h3-10H,1-2,11-14,22H2,(H,23,24);1H. The summed E-state index contributed by atoms with van der Waals surface area (Å²) in [4.78, 5) is 12.4. The molecule has 0 spiro atoms. The molecule has 1 aliphatic rings. The largest absolute Gasteiger partial charge is 0.351 e. The Kier molecular flexibility index (Phi) is 6.57. The van der Waals surface area contributed by atoms with Crippen molar-refractivity contribution in [3.05, 3.63) is 71.0 Å². The smallest absolute Gasteiger partial charge is 0.251 e. The molecule has 1 fully saturated rings. The predicted octanol–water partition coefficient (Wildman–Crippen LogP) is 3.95. The summed E-state index contributed by atoms with van der Waals surface area (Å²) < 4.78 is 13.2. The summed E-state index contributed by atoms with van der Waals surface area (Å²) in [6.07, 6.45) is 4.31. The van der Waals surface area contributed by atoms with E-state index in [1.54, 1.807) is 12.1 Å². The molecule has 0 aromatic heterocycles. The molecule has 3 N–H and O–H groups in total. The van der Waals surface area contributed by atoms with Crippen LogP contribution in [0, 0.1) is 5.82 Å². The molecular formula is C20H24ClFN2O. The minimum Gasteiger partial charge on any atom is -0.351 e. The molecule has 1 amide bonds. The lowest BCUT2D eigenvalue weighted by Gasteiger charge is -2.30. The Morgan fingerprint density at radius 2 is 1.64 bits per heavy atom. The lowest BCUT2D eigenvalue weighted by atomic mass is 9.78. The minimum absolute atomic E-state index is 0. The van der Waals surface area contributed by atoms with Gasteiger partial charge in [-0.3, -0.25) is 4.79 Å². The fourth-order valence-electron chi connectivity index (χ4n) is 3.57. The van der Waals surface area contributed by atoms with E-state index in [9.17, 15) is 9.18 Å². The molecule has 0 heterocycles. The number of amides is 1. The monoisotopic (exact) mass is 362 g/mol. The van der Waals surface area contributed by atoms with E-state index in [4.69, 9.17) is 5.73 Å². The Labute approximate surface area is 154 Å². The Bertz CT molecular complexity index is 695. The Morgan fingerprint density at radius 1 is 1.04 bits per heavy atom. The summed E-state index contributed by atoms with van der Waals surface area (Å²) in [7, 11) is 0. The third-order valence-corrected chi connectivity index (χ3v) is 5.06. The maximum Gasteiger partial charge on any atom is 0.251 e. The first-order valence-corrected chi connectivity index (χ1v) is 8.46. The van der Waals surface area contributed by atoms with Gasteiger partial charge in [-0.05, 0) is 48.2 Å². The summed E-state index contributed by atoms with van der Waals surface area (Å²) in [5, 5.41) is 3.07. The highest BCUT2D eigenvalue weighted by Gasteiger charge is 2.35. The van der Waals surface area contributed by atoms with Crippen molar-refractivity contribution in [1.82, 2.24) is 5.32 Å². The zero-order chi connectivity index (χ0) is 17.0. The summed E-state index contributed by atoms with van der Waals surface area (Å²) in [5.41, 5.74) is 8.25. The number of nitrogens with two attached hydrogens (primary N) is 1. The number of carbonyl (C=O) groups is 1. The number of benzene rings is 2. The second-order valence-corrected chi connectivity index (χ2v) is 6.58. The number of rotatable bonds is 5. The molecule has 2 aromatic carbocycles. The molecule has 1 aliphatic carbocycles. The van der Waals surface area contributed by atoms with E-state index in [1.165, 1.54) is 12.1 Å². The highest BCUT2D eigenvalue weighted by atomic mass is 35.5. The van der Waals surface area contributed by atoms with Gasteiger partial charge in [0.25, 0.3) is 5.91 Å². The average Bonchev–Trinajstić information content (AvgIpc) is 3.10. The van der Waals surface area contributed by atoms with Gasteiger partial charge in [-0.1, -0.05) is 37.1 Å². The molecule has 0 bridgehead atoms. The third kappa shape index (κ3) is 4.39. The zero-order valence-corrected chi connectivity index (χ0v) is 14.9. The summed E-state index contributed by atoms with van der Waals surface area (Å²) in [6.45, 7) is 1.05. The van der Waals surface area contributed by atoms with Crippen molar-refractivity contribution >= 4 is 18.3 Å². The predicted molar refractivity (Wildman–Crippen MR) is 100 cm³/mol. The fraction of sp³-hybridized carbons (Fsp3) is 0.350. The van der Waals surface area contributed by atoms with E-state index in [1.807, 2.05) is 24.3 Å². The summed E-state index contributed by atoms with van der Waals surface area (Å²) in [5.74, 6) is -0.303. The van der Waals surface area contributed by atoms with Crippen molar-refractivity contribution < 1.29 is 9.18 Å². The summed E-state index contributed by atoms with van der Waals surface area (Å²) >= 11 is 0. The van der Waals surface area contributed by atoms with Crippen molar-refractivity contribution in [1.29, 1.82) is 0 Å². The second kappa shape index (κ2) is 8.45. The molecule has 3 nitrogen and oxygen atoms in total. The molecule has 2 aromatic rings. The lowest BCUT2D eigenvalue weighted by Crippen LogP contribution is -2.39. The third-order valence-electron chi connectivity index (χ3n) is 5.06. The van der Waals surface area contributed by atoms with Crippen LogP contribution in [-0.2, 0) is 12.0 Å². The maximum absolute atomic E-state index is 13.2. The van der Waals surface area contributed by atoms with Gasteiger partial charge in [0, 0.05) is 24.1 Å². The Balaban J connectivity index is 0.00000225. The van der Waals surface area contributed by atoms with Crippen LogP contribution in [0.3, 0.4) is 0 Å². The van der Waals surface area contributed by atoms with E-state index in [0.29, 0.717) is 18.7 Å². The van der Waals surface area contributed by atoms with Crippen LogP contribution >= 0.6 is 12.4 Å². The van der Waals surface area contributed by atoms with Crippen LogP contribution in [0.2, 0.25) is 0 Å². The first-order valence-electron chi connectivity index (χ1n) is 8.46. The van der Waals surface area contributed by atoms with E-state index >= 15 is 0 Å². The average molecular weight is 363 g/mol. The molecule has 25 heavy (non-hydrogen) atoms. The van der Waals surface area contributed by atoms with Crippen LogP contribution in [0.25, 0.3) is 0 Å². The number of hydrogen-bond donors (Lipinski definition) is 2. The van der Waals surface area contributed by atoms with Gasteiger partial charge >= 0.3 is 0 Å². The normalized spacial score (nSPS) is 15.4. The van der Waals surface area contributed by atoms with Crippen LogP contribution in [0.15, 0.2) is 48.5 Å². The number of carbonyl (C=O) groups excluding carboxylic acids is 1. The first kappa shape index (κ1) is 19.4. The van der Waals surface area contributed by atoms with Crippen LogP contribution in [0.5, 0.6) is 0 Å². The van der Waals surface area contributed by atoms with E-state index in [2.05, 4.69) is 5.32 Å². The highest BCUT2D eigenvalue weighted by molar-refractivity contribution is 5.94. The molecule has 0 saturated heterocycles. The van der Waals surface area contributed by atoms with Gasteiger partial charge < -0.3 is 11.1 Å². The highest BCUT2D eigenvalue weighted by Crippen LogP contribution is 2.40. The molecule has 3 rings (SSSR count). The van der Waals surface area contributed by atoms with E-state index < -0.39 is 0 Å². The van der Waals surface area contributed by atoms with Gasteiger partial charge in [0.15, 0.2) is 0 Å². The number of hydrogen-bond acceptors (Lipinski definition) is 2. The quantitative estimate of drug-likeness (QED) is 0.846. The van der Waals surface area contributed by atoms with Crippen molar-refractivity contribution in [2.75, 3.05) is 6.54 Å². The first-order chi connectivity index (χ1) is 11.6. The van der Waals surface area contributed by atoms with Gasteiger partial charge in [0.2, 0.25) is 0 Å². The summed E-state index contributed by atoms with van der Waals surface area (Å²) in [6, 6.07) is 14.1. The minimum atomic E-state index is -0.226. The van der Waals surface area contributed by atoms with Crippen molar-refractivity contribution in [3.8, 4) is 0 Å². The van der Waals surface area contributed by atoms with Crippen LogP contribution < -0.4 is 11.1 Å². The van der Waals surface area contributed by atoms with Crippen LogP contribution in [0.1, 0.15) is 47.2 Å². The SMILES string of the molecule is Cl.NCc1ccc(C(=O)NCC2(c3ccc(F)cc3)CCCC2)cc1.